The van der Waals surface area contributed by atoms with Crippen molar-refractivity contribution in [3.8, 4) is 5.75 Å². The van der Waals surface area contributed by atoms with Crippen molar-refractivity contribution in [2.45, 2.75) is 19.6 Å². The molecule has 0 aliphatic carbocycles. The molecule has 8 heteroatoms. The van der Waals surface area contributed by atoms with Crippen LogP contribution >= 0.6 is 0 Å². The summed E-state index contributed by atoms with van der Waals surface area (Å²) in [7, 11) is 1.54. The maximum atomic E-state index is 13.0. The van der Waals surface area contributed by atoms with Gasteiger partial charge in [-0.2, -0.15) is 13.2 Å². The highest BCUT2D eigenvalue weighted by Crippen LogP contribution is 2.31. The van der Waals surface area contributed by atoms with E-state index in [0.29, 0.717) is 16.8 Å². The van der Waals surface area contributed by atoms with Gasteiger partial charge in [-0.25, -0.2) is 9.97 Å². The van der Waals surface area contributed by atoms with E-state index < -0.39 is 12.0 Å². The number of hydrogen-bond acceptors (Lipinski definition) is 4. The summed E-state index contributed by atoms with van der Waals surface area (Å²) in [6, 6.07) is 8.98. The molecule has 3 aromatic rings. The number of alkyl halides is 3. The van der Waals surface area contributed by atoms with E-state index in [2.05, 4.69) is 20.3 Å². The van der Waals surface area contributed by atoms with Crippen molar-refractivity contribution in [2.75, 3.05) is 12.4 Å². The van der Waals surface area contributed by atoms with E-state index in [1.807, 2.05) is 18.2 Å². The predicted octanol–water partition coefficient (Wildman–Crippen LogP) is 3.91. The smallest absolute Gasteiger partial charge is 0.451 e. The number of aromatic amines is 1. The van der Waals surface area contributed by atoms with Gasteiger partial charge in [-0.3, -0.25) is 0 Å². The molecule has 126 valence electrons. The third-order valence-electron chi connectivity index (χ3n) is 3.51. The Balaban J connectivity index is 1.98. The van der Waals surface area contributed by atoms with E-state index >= 15 is 0 Å². The maximum Gasteiger partial charge on any atom is 0.451 e. The lowest BCUT2D eigenvalue weighted by atomic mass is 10.2. The normalized spacial score (nSPS) is 11.7. The van der Waals surface area contributed by atoms with E-state index in [-0.39, 0.29) is 18.0 Å². The highest BCUT2D eigenvalue weighted by atomic mass is 19.4. The fourth-order valence-corrected chi connectivity index (χ4v) is 2.43. The zero-order valence-corrected chi connectivity index (χ0v) is 13.0. The number of H-pyrrole nitrogens is 1. The number of nitrogens with zero attached hydrogens (tertiary/aromatic N) is 2. The molecule has 0 aliphatic heterocycles. The van der Waals surface area contributed by atoms with Crippen LogP contribution in [-0.2, 0) is 12.7 Å². The lowest BCUT2D eigenvalue weighted by molar-refractivity contribution is -0.144. The summed E-state index contributed by atoms with van der Waals surface area (Å²) < 4.78 is 44.2. The number of rotatable bonds is 4. The van der Waals surface area contributed by atoms with Crippen molar-refractivity contribution >= 4 is 16.9 Å². The summed E-state index contributed by atoms with van der Waals surface area (Å²) >= 11 is 0. The number of nitrogens with one attached hydrogen (secondary N) is 2. The molecule has 0 aliphatic rings. The number of anilines is 1. The first-order valence-corrected chi connectivity index (χ1v) is 7.19. The van der Waals surface area contributed by atoms with Gasteiger partial charge in [0, 0.05) is 17.8 Å². The quantitative estimate of drug-likeness (QED) is 0.758. The molecule has 2 N–H and O–H groups in total. The highest BCUT2D eigenvalue weighted by Gasteiger charge is 2.35. The van der Waals surface area contributed by atoms with Crippen molar-refractivity contribution in [3.63, 3.8) is 0 Å². The Morgan fingerprint density at radius 2 is 1.96 bits per heavy atom. The second-order valence-electron chi connectivity index (χ2n) is 5.27. The number of benzene rings is 1. The monoisotopic (exact) mass is 336 g/mol. The molecule has 0 spiro atoms. The Morgan fingerprint density at radius 1 is 1.21 bits per heavy atom. The number of para-hydroxylation sites is 1. The van der Waals surface area contributed by atoms with Crippen LogP contribution in [0.5, 0.6) is 5.75 Å². The number of halogens is 3. The van der Waals surface area contributed by atoms with E-state index in [9.17, 15) is 13.2 Å². The Labute approximate surface area is 135 Å². The van der Waals surface area contributed by atoms with Crippen LogP contribution in [0.1, 0.15) is 17.1 Å². The summed E-state index contributed by atoms with van der Waals surface area (Å²) in [5, 5.41) is 3.46. The number of methoxy groups -OCH3 is 1. The van der Waals surface area contributed by atoms with Gasteiger partial charge in [0.2, 0.25) is 5.82 Å². The first-order valence-electron chi connectivity index (χ1n) is 7.19. The van der Waals surface area contributed by atoms with Crippen LogP contribution in [-0.4, -0.2) is 22.1 Å². The largest absolute Gasteiger partial charge is 0.496 e. The molecule has 0 radical (unpaired) electrons. The summed E-state index contributed by atoms with van der Waals surface area (Å²) in [5.74, 6) is -0.404. The Kier molecular flexibility index (Phi) is 4.04. The first-order chi connectivity index (χ1) is 11.4. The second kappa shape index (κ2) is 6.03. The van der Waals surface area contributed by atoms with Crippen LogP contribution < -0.4 is 10.1 Å². The van der Waals surface area contributed by atoms with E-state index in [4.69, 9.17) is 4.74 Å². The number of aromatic nitrogens is 3. The lowest BCUT2D eigenvalue weighted by Gasteiger charge is -2.12. The minimum atomic E-state index is -4.62. The average molecular weight is 336 g/mol. The highest BCUT2D eigenvalue weighted by molar-refractivity contribution is 5.87. The summed E-state index contributed by atoms with van der Waals surface area (Å²) in [4.78, 5) is 10.0. The van der Waals surface area contributed by atoms with Gasteiger partial charge < -0.3 is 15.0 Å². The summed E-state index contributed by atoms with van der Waals surface area (Å²) in [6.07, 6.45) is -4.62. The number of aryl methyl sites for hydroxylation is 1. The van der Waals surface area contributed by atoms with Gasteiger partial charge >= 0.3 is 6.18 Å². The Bertz CT molecular complexity index is 873. The molecular formula is C16H15F3N4O. The molecule has 0 atom stereocenters. The molecule has 0 bridgehead atoms. The van der Waals surface area contributed by atoms with Crippen LogP contribution in [0, 0.1) is 6.92 Å². The standard InChI is InChI=1S/C16H15F3N4O/c1-9-7-11-13(20-8-10-5-3-4-6-12(10)24-2)22-15(16(17,18)19)23-14(11)21-9/h3-7H,8H2,1-2H3,(H2,20,21,22,23). The lowest BCUT2D eigenvalue weighted by Crippen LogP contribution is -2.13. The molecule has 0 amide bonds. The minimum absolute atomic E-state index is 0.127. The van der Waals surface area contributed by atoms with Gasteiger partial charge in [0.05, 0.1) is 12.5 Å². The van der Waals surface area contributed by atoms with Crippen LogP contribution in [0.15, 0.2) is 30.3 Å². The molecule has 24 heavy (non-hydrogen) atoms. The summed E-state index contributed by atoms with van der Waals surface area (Å²) in [6.45, 7) is 2.02. The van der Waals surface area contributed by atoms with Gasteiger partial charge in [0.1, 0.15) is 17.2 Å². The molecule has 2 aromatic heterocycles. The fraction of sp³-hybridized carbons (Fsp3) is 0.250. The van der Waals surface area contributed by atoms with Crippen molar-refractivity contribution in [1.29, 1.82) is 0 Å². The van der Waals surface area contributed by atoms with E-state index in [1.165, 1.54) is 0 Å². The third kappa shape index (κ3) is 3.12. The average Bonchev–Trinajstić information content (AvgIpc) is 2.92. The zero-order valence-electron chi connectivity index (χ0n) is 13.0. The number of ether oxygens (including phenoxy) is 1. The molecule has 0 saturated carbocycles. The topological polar surface area (TPSA) is 62.8 Å². The number of hydrogen-bond donors (Lipinski definition) is 2. The van der Waals surface area contributed by atoms with Crippen molar-refractivity contribution in [3.05, 3.63) is 47.4 Å². The second-order valence-corrected chi connectivity index (χ2v) is 5.27. The molecule has 0 fully saturated rings. The van der Waals surface area contributed by atoms with E-state index in [1.54, 1.807) is 26.2 Å². The molecule has 1 aromatic carbocycles. The summed E-state index contributed by atoms with van der Waals surface area (Å²) in [5.41, 5.74) is 1.67. The van der Waals surface area contributed by atoms with Gasteiger partial charge in [0.15, 0.2) is 0 Å². The van der Waals surface area contributed by atoms with E-state index in [0.717, 1.165) is 5.56 Å². The molecule has 5 nitrogen and oxygen atoms in total. The molecule has 0 saturated heterocycles. The third-order valence-corrected chi connectivity index (χ3v) is 3.51. The van der Waals surface area contributed by atoms with Crippen molar-refractivity contribution in [2.24, 2.45) is 0 Å². The van der Waals surface area contributed by atoms with Crippen molar-refractivity contribution < 1.29 is 17.9 Å². The maximum absolute atomic E-state index is 13.0. The van der Waals surface area contributed by atoms with Gasteiger partial charge in [-0.15, -0.1) is 0 Å². The molecule has 2 heterocycles. The first kappa shape index (κ1) is 16.1. The van der Waals surface area contributed by atoms with Crippen LogP contribution in [0.25, 0.3) is 11.0 Å². The Hall–Kier alpha value is -2.77. The van der Waals surface area contributed by atoms with Crippen LogP contribution in [0.2, 0.25) is 0 Å². The SMILES string of the molecule is COc1ccccc1CNc1nc(C(F)(F)F)nc2[nH]c(C)cc12. The Morgan fingerprint density at radius 3 is 2.67 bits per heavy atom. The molecular weight excluding hydrogens is 321 g/mol. The fourth-order valence-electron chi connectivity index (χ4n) is 2.43. The van der Waals surface area contributed by atoms with Gasteiger partial charge in [0.25, 0.3) is 0 Å². The van der Waals surface area contributed by atoms with Crippen LogP contribution in [0.3, 0.4) is 0 Å². The number of fused-ring (bicyclic) bond motifs is 1. The van der Waals surface area contributed by atoms with Crippen LogP contribution in [0.4, 0.5) is 19.0 Å². The van der Waals surface area contributed by atoms with Gasteiger partial charge in [-0.05, 0) is 19.1 Å². The minimum Gasteiger partial charge on any atom is -0.496 e. The molecule has 3 rings (SSSR count). The van der Waals surface area contributed by atoms with Gasteiger partial charge in [-0.1, -0.05) is 18.2 Å². The molecule has 0 unspecified atom stereocenters. The predicted molar refractivity (Wildman–Crippen MR) is 83.9 cm³/mol. The zero-order chi connectivity index (χ0) is 17.3. The van der Waals surface area contributed by atoms with Crippen molar-refractivity contribution in [1.82, 2.24) is 15.0 Å².